The maximum atomic E-state index is 11.7. The molecule has 404 valence electrons. The van der Waals surface area contributed by atoms with E-state index in [1.165, 1.54) is 5.75 Å². The highest BCUT2D eigenvalue weighted by molar-refractivity contribution is 8.06. The van der Waals surface area contributed by atoms with E-state index in [-0.39, 0.29) is 64.1 Å². The second-order valence-corrected chi connectivity index (χ2v) is 25.6. The molecule has 5 fully saturated rings. The summed E-state index contributed by atoms with van der Waals surface area (Å²) in [6, 6.07) is 0. The summed E-state index contributed by atoms with van der Waals surface area (Å²) < 4.78 is 52.5. The van der Waals surface area contributed by atoms with Gasteiger partial charge in [0, 0.05) is 28.8 Å². The number of hydrogen-bond acceptors (Lipinski definition) is 20. The monoisotopic (exact) mass is 1080 g/mol. The van der Waals surface area contributed by atoms with Gasteiger partial charge in [0.1, 0.15) is 6.61 Å². The molecule has 20 heteroatoms. The van der Waals surface area contributed by atoms with Crippen molar-refractivity contribution in [2.24, 2.45) is 27.1 Å². The Hall–Kier alpha value is -1.10. The van der Waals surface area contributed by atoms with Gasteiger partial charge < -0.3 is 47.4 Å². The maximum Gasteiger partial charge on any atom is 0.313 e. The normalized spacial score (nSPS) is 23.2. The zero-order valence-electron chi connectivity index (χ0n) is 44.5. The first kappa shape index (κ1) is 65.9. The highest BCUT2D eigenvalue weighted by Crippen LogP contribution is 2.31. The summed E-state index contributed by atoms with van der Waals surface area (Å²) in [5.74, 6) is 6.52. The molecule has 0 aromatic carbocycles. The second-order valence-electron chi connectivity index (χ2n) is 19.8. The van der Waals surface area contributed by atoms with Crippen LogP contribution in [0.15, 0.2) is 0 Å². The fraction of sp³-hybridized carbons (Fsp3) is 0.898. The summed E-state index contributed by atoms with van der Waals surface area (Å²) in [5, 5.41) is 0. The molecule has 5 aliphatic heterocycles. The minimum Gasteiger partial charge on any atom is -0.450 e. The van der Waals surface area contributed by atoms with Gasteiger partial charge >= 0.3 is 29.8 Å². The predicted octanol–water partition coefficient (Wildman–Crippen LogP) is 10.2. The molecule has 69 heavy (non-hydrogen) atoms. The molecule has 0 aliphatic carbocycles. The summed E-state index contributed by atoms with van der Waals surface area (Å²) in [6.07, 6.45) is 2.74. The largest absolute Gasteiger partial charge is 0.450 e. The zero-order valence-corrected chi connectivity index (χ0v) is 48.6. The fourth-order valence-electron chi connectivity index (χ4n) is 4.64. The van der Waals surface area contributed by atoms with Gasteiger partial charge in [-0.15, -0.1) is 35.3 Å². The van der Waals surface area contributed by atoms with Crippen LogP contribution in [0.3, 0.4) is 0 Å². The lowest BCUT2D eigenvalue weighted by molar-refractivity contribution is -0.220. The summed E-state index contributed by atoms with van der Waals surface area (Å²) in [6.45, 7) is 32.3. The molecule has 5 unspecified atom stereocenters. The van der Waals surface area contributed by atoms with Crippen LogP contribution < -0.4 is 0 Å². The van der Waals surface area contributed by atoms with Crippen molar-refractivity contribution < 1.29 is 71.3 Å². The van der Waals surface area contributed by atoms with Crippen LogP contribution in [0.5, 0.6) is 0 Å². The summed E-state index contributed by atoms with van der Waals surface area (Å²) in [7, 11) is 0. The van der Waals surface area contributed by atoms with Gasteiger partial charge in [-0.1, -0.05) is 34.6 Å². The standard InChI is InChI=1S/C10H18O4.2C10H18O3S.C10H18O2S2.C9H16O3S/c1-4-10(2,3)9(11)14-8-7-12-5-6-13-8;1-4-10(2,3)9(11)13-8-7-14-6-5-12-8;1-4-10(2,3)9(11)13-8-7-12-5-6-14-8;1-4-10(2,3)9(11)12-8-7-13-5-6-14-8;1-4-9(2,3)8(10)12-7-5-13-6-11-7/h4*8H,4-7H2,1-3H3;7H,4-6H2,1-3H3. The maximum absolute atomic E-state index is 11.7. The van der Waals surface area contributed by atoms with Crippen LogP contribution in [-0.4, -0.2) is 145 Å². The van der Waals surface area contributed by atoms with E-state index in [0.717, 1.165) is 73.2 Å². The lowest BCUT2D eigenvalue weighted by Crippen LogP contribution is -2.37. The molecular weight excluding hydrogens is 989 g/mol. The second kappa shape index (κ2) is 33.7. The van der Waals surface area contributed by atoms with Crippen LogP contribution in [0.4, 0.5) is 0 Å². The average molecular weight is 1080 g/mol. The Morgan fingerprint density at radius 3 is 1.19 bits per heavy atom. The van der Waals surface area contributed by atoms with Crippen molar-refractivity contribution in [3.8, 4) is 0 Å². The fourth-order valence-corrected chi connectivity index (χ4v) is 9.28. The molecule has 0 saturated carbocycles. The van der Waals surface area contributed by atoms with Gasteiger partial charge in [0.15, 0.2) is 10.9 Å². The first-order chi connectivity index (χ1) is 32.3. The number of carbonyl (C=O) groups excluding carboxylic acids is 5. The van der Waals surface area contributed by atoms with E-state index in [2.05, 4.69) is 0 Å². The van der Waals surface area contributed by atoms with E-state index in [1.54, 1.807) is 47.0 Å². The smallest absolute Gasteiger partial charge is 0.313 e. The van der Waals surface area contributed by atoms with Crippen molar-refractivity contribution in [1.82, 2.24) is 0 Å². The van der Waals surface area contributed by atoms with Gasteiger partial charge in [0.2, 0.25) is 18.9 Å². The molecule has 0 radical (unpaired) electrons. The van der Waals surface area contributed by atoms with Crippen molar-refractivity contribution in [1.29, 1.82) is 0 Å². The molecule has 0 aromatic rings. The van der Waals surface area contributed by atoms with Crippen LogP contribution in [0.25, 0.3) is 0 Å². The summed E-state index contributed by atoms with van der Waals surface area (Å²) in [4.78, 5) is 58.2. The molecule has 0 N–H and O–H groups in total. The lowest BCUT2D eigenvalue weighted by Gasteiger charge is -2.27. The van der Waals surface area contributed by atoms with Crippen molar-refractivity contribution in [3.63, 3.8) is 0 Å². The van der Waals surface area contributed by atoms with Crippen LogP contribution in [0, 0.1) is 27.1 Å². The summed E-state index contributed by atoms with van der Waals surface area (Å²) >= 11 is 8.67. The van der Waals surface area contributed by atoms with Gasteiger partial charge in [-0.3, -0.25) is 24.0 Å². The highest BCUT2D eigenvalue weighted by Gasteiger charge is 2.34. The number of thioether (sulfide) groups is 5. The molecule has 0 bridgehead atoms. The third-order valence-electron chi connectivity index (χ3n) is 12.1. The van der Waals surface area contributed by atoms with E-state index in [9.17, 15) is 24.0 Å². The number of ether oxygens (including phenoxy) is 10. The van der Waals surface area contributed by atoms with Crippen LogP contribution >= 0.6 is 58.8 Å². The first-order valence-electron chi connectivity index (χ1n) is 24.3. The van der Waals surface area contributed by atoms with E-state index in [1.807, 2.05) is 116 Å². The molecule has 5 atom stereocenters. The molecule has 5 heterocycles. The predicted molar refractivity (Wildman–Crippen MR) is 281 cm³/mol. The lowest BCUT2D eigenvalue weighted by atomic mass is 9.91. The SMILES string of the molecule is CCC(C)(C)C(=O)OC1COCCO1.CCC(C)(C)C(=O)OC1COCCS1.CCC(C)(C)C(=O)OC1CSCCO1.CCC(C)(C)C(=O)OC1CSCCS1.CCC(C)(C)C(=O)OC1CSCO1. The third kappa shape index (κ3) is 26.6. The molecule has 15 nitrogen and oxygen atoms in total. The van der Waals surface area contributed by atoms with Crippen molar-refractivity contribution in [3.05, 3.63) is 0 Å². The first-order valence-corrected chi connectivity index (χ1v) is 29.9. The molecule has 5 rings (SSSR count). The van der Waals surface area contributed by atoms with Gasteiger partial charge in [-0.25, -0.2) is 0 Å². The number of esters is 5. The quantitative estimate of drug-likeness (QED) is 0.112. The van der Waals surface area contributed by atoms with Crippen molar-refractivity contribution in [2.75, 3.05) is 85.9 Å². The third-order valence-corrected chi connectivity index (χ3v) is 17.5. The Morgan fingerprint density at radius 2 is 0.812 bits per heavy atom. The highest BCUT2D eigenvalue weighted by atomic mass is 32.2. The van der Waals surface area contributed by atoms with Crippen molar-refractivity contribution >= 4 is 88.7 Å². The molecule has 5 saturated heterocycles. The van der Waals surface area contributed by atoms with Crippen LogP contribution in [0.1, 0.15) is 136 Å². The Morgan fingerprint density at radius 1 is 0.406 bits per heavy atom. The van der Waals surface area contributed by atoms with Gasteiger partial charge in [-0.2, -0.15) is 23.5 Å². The average Bonchev–Trinajstić information content (AvgIpc) is 3.86. The summed E-state index contributed by atoms with van der Waals surface area (Å²) in [5.41, 5.74) is -1.97. The van der Waals surface area contributed by atoms with E-state index >= 15 is 0 Å². The molecule has 0 amide bonds. The molecule has 0 aromatic heterocycles. The van der Waals surface area contributed by atoms with Gasteiger partial charge in [0.05, 0.1) is 77.6 Å². The van der Waals surface area contributed by atoms with Crippen molar-refractivity contribution in [2.45, 2.75) is 166 Å². The number of rotatable bonds is 15. The van der Waals surface area contributed by atoms with Crippen LogP contribution in [-0.2, 0) is 71.3 Å². The van der Waals surface area contributed by atoms with Gasteiger partial charge in [0.25, 0.3) is 0 Å². The Kier molecular flexibility index (Phi) is 32.2. The Labute approximate surface area is 436 Å². The van der Waals surface area contributed by atoms with E-state index in [4.69, 9.17) is 47.4 Å². The number of hydrogen-bond donors (Lipinski definition) is 0. The van der Waals surface area contributed by atoms with E-state index < -0.39 is 22.5 Å². The minimum absolute atomic E-state index is 0.0556. The van der Waals surface area contributed by atoms with Crippen LogP contribution in [0.2, 0.25) is 0 Å². The minimum atomic E-state index is -0.526. The Balaban J connectivity index is 0.000000431. The topological polar surface area (TPSA) is 178 Å². The number of carbonyl (C=O) groups is 5. The molecule has 0 spiro atoms. The van der Waals surface area contributed by atoms with Gasteiger partial charge in [-0.05, 0) is 101 Å². The molecule has 5 aliphatic rings. The zero-order chi connectivity index (χ0) is 52.3. The Bertz CT molecular complexity index is 1310. The molecular formula is C49H88O15S5. The van der Waals surface area contributed by atoms with E-state index in [0.29, 0.717) is 39.0 Å².